The lowest BCUT2D eigenvalue weighted by atomic mass is 9.97. The van der Waals surface area contributed by atoms with E-state index in [9.17, 15) is 18.0 Å². The molecule has 2 aliphatic heterocycles. The average molecular weight is 500 g/mol. The Bertz CT molecular complexity index is 1210. The minimum Gasteiger partial charge on any atom is -0.479 e. The van der Waals surface area contributed by atoms with Crippen LogP contribution in [0, 0.1) is 12.8 Å². The molecule has 8 nitrogen and oxygen atoms in total. The second-order valence-electron chi connectivity index (χ2n) is 9.61. The molecule has 2 aromatic carbocycles. The highest BCUT2D eigenvalue weighted by Gasteiger charge is 2.37. The number of piperidine rings is 1. The molecule has 4 rings (SSSR count). The summed E-state index contributed by atoms with van der Waals surface area (Å²) in [7, 11) is -3.86. The Balaban J connectivity index is 1.56. The number of sulfonamides is 1. The molecule has 2 atom stereocenters. The number of rotatable bonds is 6. The Labute approximate surface area is 207 Å². The first-order valence-electron chi connectivity index (χ1n) is 12.0. The molecule has 2 heterocycles. The van der Waals surface area contributed by atoms with Gasteiger partial charge in [0.15, 0.2) is 6.10 Å². The van der Waals surface area contributed by atoms with Gasteiger partial charge in [0.1, 0.15) is 5.75 Å². The highest BCUT2D eigenvalue weighted by atomic mass is 32.2. The molecule has 2 aromatic rings. The van der Waals surface area contributed by atoms with Gasteiger partial charge in [-0.1, -0.05) is 30.3 Å². The molecule has 2 amide bonds. The summed E-state index contributed by atoms with van der Waals surface area (Å²) in [6, 6.07) is 12.9. The van der Waals surface area contributed by atoms with Gasteiger partial charge in [0.25, 0.3) is 5.91 Å². The zero-order chi connectivity index (χ0) is 25.3. The summed E-state index contributed by atoms with van der Waals surface area (Å²) in [5.41, 5.74) is 2.02. The molecule has 0 aliphatic carbocycles. The Hall–Kier alpha value is -2.91. The summed E-state index contributed by atoms with van der Waals surface area (Å²) >= 11 is 0. The molecule has 1 saturated heterocycles. The zero-order valence-corrected chi connectivity index (χ0v) is 21.5. The van der Waals surface area contributed by atoms with E-state index in [1.54, 1.807) is 19.9 Å². The van der Waals surface area contributed by atoms with Crippen LogP contribution in [-0.4, -0.2) is 54.7 Å². The highest BCUT2D eigenvalue weighted by Crippen LogP contribution is 2.36. The fraction of sp³-hybridized carbons (Fsp3) is 0.462. The number of nitrogens with zero attached hydrogens (tertiary/aromatic N) is 2. The number of carbonyl (C=O) groups is 2. The van der Waals surface area contributed by atoms with Crippen molar-refractivity contribution < 1.29 is 22.7 Å². The van der Waals surface area contributed by atoms with Crippen LogP contribution >= 0.6 is 0 Å². The third-order valence-corrected chi connectivity index (χ3v) is 8.67. The normalized spacial score (nSPS) is 20.7. The molecule has 35 heavy (non-hydrogen) atoms. The quantitative estimate of drug-likeness (QED) is 0.656. The summed E-state index contributed by atoms with van der Waals surface area (Å²) < 4.78 is 34.4. The molecule has 0 bridgehead atoms. The molecular weight excluding hydrogens is 466 g/mol. The van der Waals surface area contributed by atoms with Gasteiger partial charge in [-0.2, -0.15) is 4.31 Å². The fourth-order valence-corrected chi connectivity index (χ4v) is 6.40. The van der Waals surface area contributed by atoms with Gasteiger partial charge in [-0.05, 0) is 57.7 Å². The summed E-state index contributed by atoms with van der Waals surface area (Å²) in [5.74, 6) is -0.362. The lowest BCUT2D eigenvalue weighted by molar-refractivity contribution is -0.139. The van der Waals surface area contributed by atoms with Gasteiger partial charge in [0.05, 0.1) is 16.5 Å². The molecule has 2 aliphatic rings. The van der Waals surface area contributed by atoms with E-state index < -0.39 is 22.0 Å². The van der Waals surface area contributed by atoms with Crippen LogP contribution in [0.2, 0.25) is 0 Å². The van der Waals surface area contributed by atoms with Crippen molar-refractivity contribution in [3.8, 4) is 5.75 Å². The summed E-state index contributed by atoms with van der Waals surface area (Å²) in [5, 5.41) is 2.75. The number of nitrogens with one attached hydrogen (secondary N) is 1. The van der Waals surface area contributed by atoms with Crippen molar-refractivity contribution in [3.05, 3.63) is 53.6 Å². The summed E-state index contributed by atoms with van der Waals surface area (Å²) in [6.45, 7) is 8.27. The van der Waals surface area contributed by atoms with E-state index >= 15 is 0 Å². The van der Waals surface area contributed by atoms with Crippen molar-refractivity contribution in [1.29, 1.82) is 0 Å². The number of aryl methyl sites for hydroxylation is 1. The number of anilines is 1. The second kappa shape index (κ2) is 9.99. The minimum atomic E-state index is -3.86. The molecule has 1 fully saturated rings. The Kier molecular flexibility index (Phi) is 7.19. The summed E-state index contributed by atoms with van der Waals surface area (Å²) in [4.78, 5) is 27.4. The van der Waals surface area contributed by atoms with E-state index in [-0.39, 0.29) is 29.3 Å². The first-order chi connectivity index (χ1) is 16.6. The van der Waals surface area contributed by atoms with E-state index in [1.807, 2.05) is 49.1 Å². The van der Waals surface area contributed by atoms with Crippen molar-refractivity contribution >= 4 is 27.5 Å². The van der Waals surface area contributed by atoms with Gasteiger partial charge < -0.3 is 15.0 Å². The van der Waals surface area contributed by atoms with E-state index in [2.05, 4.69) is 5.32 Å². The number of hydrogen-bond donors (Lipinski definition) is 1. The first-order valence-corrected chi connectivity index (χ1v) is 13.5. The largest absolute Gasteiger partial charge is 0.479 e. The Morgan fingerprint density at radius 1 is 1.23 bits per heavy atom. The molecule has 0 saturated carbocycles. The van der Waals surface area contributed by atoms with Gasteiger partial charge in [0, 0.05) is 31.7 Å². The molecule has 0 unspecified atom stereocenters. The second-order valence-corrected chi connectivity index (χ2v) is 11.5. The molecule has 9 heteroatoms. The van der Waals surface area contributed by atoms with Crippen LogP contribution < -0.4 is 10.1 Å². The van der Waals surface area contributed by atoms with Crippen molar-refractivity contribution in [1.82, 2.24) is 9.21 Å². The molecule has 188 valence electrons. The summed E-state index contributed by atoms with van der Waals surface area (Å²) in [6.07, 6.45) is 0.559. The zero-order valence-electron chi connectivity index (χ0n) is 20.7. The fourth-order valence-electron chi connectivity index (χ4n) is 4.65. The van der Waals surface area contributed by atoms with Crippen LogP contribution in [0.15, 0.2) is 47.4 Å². The monoisotopic (exact) mass is 499 g/mol. The Morgan fingerprint density at radius 3 is 2.63 bits per heavy atom. The van der Waals surface area contributed by atoms with Crippen LogP contribution in [0.25, 0.3) is 0 Å². The first kappa shape index (κ1) is 25.2. The third kappa shape index (κ3) is 5.21. The maximum absolute atomic E-state index is 13.7. The van der Waals surface area contributed by atoms with Crippen LogP contribution in [0.5, 0.6) is 5.75 Å². The maximum Gasteiger partial charge on any atom is 0.265 e. The predicted molar refractivity (Wildman–Crippen MR) is 134 cm³/mol. The van der Waals surface area contributed by atoms with E-state index in [0.717, 1.165) is 5.56 Å². The highest BCUT2D eigenvalue weighted by molar-refractivity contribution is 7.89. The molecule has 0 spiro atoms. The van der Waals surface area contributed by atoms with Gasteiger partial charge >= 0.3 is 0 Å². The topological polar surface area (TPSA) is 96.0 Å². The van der Waals surface area contributed by atoms with Crippen molar-refractivity contribution in [3.63, 3.8) is 0 Å². The van der Waals surface area contributed by atoms with Crippen LogP contribution in [-0.2, 0) is 26.2 Å². The number of hydrogen-bond acceptors (Lipinski definition) is 5. The molecule has 1 N–H and O–H groups in total. The van der Waals surface area contributed by atoms with Crippen molar-refractivity contribution in [2.75, 3.05) is 18.4 Å². The van der Waals surface area contributed by atoms with Crippen LogP contribution in [0.3, 0.4) is 0 Å². The molecule has 0 aromatic heterocycles. The Morgan fingerprint density at radius 2 is 1.94 bits per heavy atom. The van der Waals surface area contributed by atoms with Crippen molar-refractivity contribution in [2.24, 2.45) is 5.92 Å². The number of amides is 2. The lowest BCUT2D eigenvalue weighted by Crippen LogP contribution is -2.48. The van der Waals surface area contributed by atoms with Crippen LogP contribution in [0.4, 0.5) is 5.69 Å². The van der Waals surface area contributed by atoms with E-state index in [4.69, 9.17) is 4.74 Å². The number of benzene rings is 2. The maximum atomic E-state index is 13.7. The number of carbonyl (C=O) groups excluding carboxylic acids is 2. The molecular formula is C26H33N3O5S. The van der Waals surface area contributed by atoms with Gasteiger partial charge in [-0.25, -0.2) is 8.42 Å². The van der Waals surface area contributed by atoms with Crippen molar-refractivity contribution in [2.45, 2.75) is 64.1 Å². The smallest absolute Gasteiger partial charge is 0.265 e. The average Bonchev–Trinajstić information content (AvgIpc) is 2.83. The number of ether oxygens (including phenoxy) is 1. The standard InChI is InChI=1S/C26H33N3O5S/c1-17(2)29(15-20-9-6-5-7-10-20)26(31)21-11-8-12-28(16-21)35(32,33)24-14-23-22(13-18(24)3)27-25(30)19(4)34-23/h5-7,9-10,13-14,17,19,21H,8,11-12,15-16H2,1-4H3,(H,27,30)/t19-,21+/m0/s1. The minimum absolute atomic E-state index is 0.00747. The van der Waals surface area contributed by atoms with Gasteiger partial charge in [0.2, 0.25) is 15.9 Å². The van der Waals surface area contributed by atoms with E-state index in [1.165, 1.54) is 10.4 Å². The van der Waals surface area contributed by atoms with Gasteiger partial charge in [-0.3, -0.25) is 9.59 Å². The predicted octanol–water partition coefficient (Wildman–Crippen LogP) is 3.55. The molecule has 0 radical (unpaired) electrons. The number of fused-ring (bicyclic) bond motifs is 1. The van der Waals surface area contributed by atoms with Crippen LogP contribution in [0.1, 0.15) is 44.7 Å². The SMILES string of the molecule is Cc1cc2c(cc1S(=O)(=O)N1CCC[C@@H](C(=O)N(Cc3ccccc3)C(C)C)C1)O[C@@H](C)C(=O)N2. The van der Waals surface area contributed by atoms with E-state index in [0.29, 0.717) is 42.9 Å². The van der Waals surface area contributed by atoms with Gasteiger partial charge in [-0.15, -0.1) is 0 Å². The lowest BCUT2D eigenvalue weighted by Gasteiger charge is -2.36. The third-order valence-electron chi connectivity index (χ3n) is 6.66.